The van der Waals surface area contributed by atoms with Crippen molar-refractivity contribution in [1.82, 2.24) is 5.32 Å². The Morgan fingerprint density at radius 2 is 2.22 bits per heavy atom. The number of carbonyl (C=O) groups is 1. The predicted octanol–water partition coefficient (Wildman–Crippen LogP) is 3.52. The van der Waals surface area contributed by atoms with Crippen LogP contribution in [-0.4, -0.2) is 31.0 Å². The average molecular weight is 355 g/mol. The number of carbonyl (C=O) groups excluding carboxylic acids is 1. The van der Waals surface area contributed by atoms with Crippen LogP contribution in [-0.2, 0) is 4.74 Å². The van der Waals surface area contributed by atoms with E-state index >= 15 is 0 Å². The van der Waals surface area contributed by atoms with Gasteiger partial charge in [-0.1, -0.05) is 39.1 Å². The maximum atomic E-state index is 12.0. The number of rotatable bonds is 6. The molecule has 1 amide bonds. The number of amides is 1. The van der Waals surface area contributed by atoms with E-state index in [4.69, 9.17) is 27.9 Å². The molecular formula is C12H14BrCl2NO2. The van der Waals surface area contributed by atoms with Crippen LogP contribution in [0.4, 0.5) is 0 Å². The van der Waals surface area contributed by atoms with Crippen LogP contribution in [0.1, 0.15) is 16.8 Å². The molecule has 0 spiro atoms. The summed E-state index contributed by atoms with van der Waals surface area (Å²) in [5, 5.41) is 4.51. The summed E-state index contributed by atoms with van der Waals surface area (Å²) in [6.07, 6.45) is 0.783. The smallest absolute Gasteiger partial charge is 0.253 e. The predicted molar refractivity (Wildman–Crippen MR) is 78.0 cm³/mol. The van der Waals surface area contributed by atoms with Crippen LogP contribution in [0.25, 0.3) is 0 Å². The molecule has 0 radical (unpaired) electrons. The summed E-state index contributed by atoms with van der Waals surface area (Å²) >= 11 is 15.1. The minimum atomic E-state index is -0.223. The Labute approximate surface area is 125 Å². The highest BCUT2D eigenvalue weighted by Gasteiger charge is 2.15. The lowest BCUT2D eigenvalue weighted by Gasteiger charge is -2.17. The molecule has 1 unspecified atom stereocenters. The summed E-state index contributed by atoms with van der Waals surface area (Å²) in [6, 6.07) is 4.75. The van der Waals surface area contributed by atoms with Crippen LogP contribution in [0.15, 0.2) is 18.2 Å². The van der Waals surface area contributed by atoms with Crippen molar-refractivity contribution in [1.29, 1.82) is 0 Å². The van der Waals surface area contributed by atoms with Gasteiger partial charge in [-0.15, -0.1) is 0 Å². The molecule has 1 aromatic carbocycles. The van der Waals surface area contributed by atoms with E-state index in [9.17, 15) is 4.79 Å². The molecule has 1 N–H and O–H groups in total. The number of benzene rings is 1. The van der Waals surface area contributed by atoms with Crippen molar-refractivity contribution >= 4 is 45.0 Å². The quantitative estimate of drug-likeness (QED) is 0.793. The van der Waals surface area contributed by atoms with Crippen molar-refractivity contribution in [2.24, 2.45) is 0 Å². The molecule has 6 heteroatoms. The molecule has 18 heavy (non-hydrogen) atoms. The molecule has 0 saturated carbocycles. The third kappa shape index (κ3) is 4.76. The largest absolute Gasteiger partial charge is 0.383 e. The molecule has 0 fully saturated rings. The first-order valence-electron chi connectivity index (χ1n) is 5.39. The van der Waals surface area contributed by atoms with Crippen molar-refractivity contribution in [3.05, 3.63) is 33.8 Å². The van der Waals surface area contributed by atoms with Crippen LogP contribution in [0.3, 0.4) is 0 Å². The number of alkyl halides is 1. The van der Waals surface area contributed by atoms with E-state index in [-0.39, 0.29) is 11.9 Å². The molecule has 0 heterocycles. The van der Waals surface area contributed by atoms with E-state index in [0.717, 1.165) is 11.8 Å². The standard InChI is InChI=1S/C12H14BrCl2NO2/c1-18-7-9(4-5-13)16-12(17)10-3-2-8(14)6-11(10)15/h2-3,6,9H,4-5,7H2,1H3,(H,16,17). The van der Waals surface area contributed by atoms with Gasteiger partial charge in [0, 0.05) is 17.5 Å². The Balaban J connectivity index is 2.73. The fourth-order valence-electron chi connectivity index (χ4n) is 1.47. The Kier molecular flexibility index (Phi) is 7.00. The second-order valence-corrected chi connectivity index (χ2v) is 5.36. The zero-order valence-corrected chi connectivity index (χ0v) is 13.0. The number of nitrogens with one attached hydrogen (secondary N) is 1. The molecule has 0 aromatic heterocycles. The Bertz CT molecular complexity index is 409. The third-order valence-corrected chi connectivity index (χ3v) is 3.34. The van der Waals surface area contributed by atoms with E-state index in [1.165, 1.54) is 0 Å². The molecule has 0 saturated heterocycles. The lowest BCUT2D eigenvalue weighted by molar-refractivity contribution is 0.0895. The molecule has 100 valence electrons. The van der Waals surface area contributed by atoms with Gasteiger partial charge in [-0.25, -0.2) is 0 Å². The lowest BCUT2D eigenvalue weighted by atomic mass is 10.1. The van der Waals surface area contributed by atoms with Gasteiger partial charge in [-0.3, -0.25) is 4.79 Å². The summed E-state index contributed by atoms with van der Waals surface area (Å²) in [5.74, 6) is -0.223. The molecule has 1 rings (SSSR count). The average Bonchev–Trinajstić information content (AvgIpc) is 2.29. The maximum Gasteiger partial charge on any atom is 0.253 e. The van der Waals surface area contributed by atoms with Crippen molar-refractivity contribution in [3.8, 4) is 0 Å². The second kappa shape index (κ2) is 8.00. The monoisotopic (exact) mass is 353 g/mol. The number of ether oxygens (including phenoxy) is 1. The van der Waals surface area contributed by atoms with E-state index in [1.54, 1.807) is 25.3 Å². The van der Waals surface area contributed by atoms with Gasteiger partial charge in [0.15, 0.2) is 0 Å². The first kappa shape index (κ1) is 15.8. The number of halogens is 3. The van der Waals surface area contributed by atoms with Gasteiger partial charge in [0.2, 0.25) is 0 Å². The Morgan fingerprint density at radius 3 is 2.78 bits per heavy atom. The number of hydrogen-bond acceptors (Lipinski definition) is 2. The maximum absolute atomic E-state index is 12.0. The van der Waals surface area contributed by atoms with Gasteiger partial charge in [0.05, 0.1) is 23.2 Å². The molecule has 0 aliphatic heterocycles. The van der Waals surface area contributed by atoms with Crippen molar-refractivity contribution in [2.45, 2.75) is 12.5 Å². The molecule has 0 aliphatic carbocycles. The van der Waals surface area contributed by atoms with Crippen LogP contribution < -0.4 is 5.32 Å². The van der Waals surface area contributed by atoms with E-state index in [0.29, 0.717) is 22.2 Å². The zero-order valence-electron chi connectivity index (χ0n) is 9.88. The van der Waals surface area contributed by atoms with Gasteiger partial charge in [-0.05, 0) is 24.6 Å². The second-order valence-electron chi connectivity index (χ2n) is 3.73. The van der Waals surface area contributed by atoms with Gasteiger partial charge >= 0.3 is 0 Å². The molecule has 3 nitrogen and oxygen atoms in total. The van der Waals surface area contributed by atoms with Crippen molar-refractivity contribution < 1.29 is 9.53 Å². The first-order valence-corrected chi connectivity index (χ1v) is 7.27. The van der Waals surface area contributed by atoms with Gasteiger partial charge in [0.25, 0.3) is 5.91 Å². The highest BCUT2D eigenvalue weighted by atomic mass is 79.9. The van der Waals surface area contributed by atoms with Gasteiger partial charge in [0.1, 0.15) is 0 Å². The minimum Gasteiger partial charge on any atom is -0.383 e. The number of methoxy groups -OCH3 is 1. The molecule has 0 bridgehead atoms. The van der Waals surface area contributed by atoms with Gasteiger partial charge in [-0.2, -0.15) is 0 Å². The normalized spacial score (nSPS) is 12.2. The van der Waals surface area contributed by atoms with Crippen LogP contribution in [0.2, 0.25) is 10.0 Å². The van der Waals surface area contributed by atoms with Gasteiger partial charge < -0.3 is 10.1 Å². The lowest BCUT2D eigenvalue weighted by Crippen LogP contribution is -2.38. The zero-order chi connectivity index (χ0) is 13.5. The summed E-state index contributed by atoms with van der Waals surface area (Å²) in [4.78, 5) is 12.0. The van der Waals surface area contributed by atoms with E-state index in [2.05, 4.69) is 21.2 Å². The highest BCUT2D eigenvalue weighted by molar-refractivity contribution is 9.09. The fourth-order valence-corrected chi connectivity index (χ4v) is 2.51. The van der Waals surface area contributed by atoms with Crippen LogP contribution >= 0.6 is 39.1 Å². The summed E-state index contributed by atoms with van der Waals surface area (Å²) < 4.78 is 5.05. The van der Waals surface area contributed by atoms with Crippen molar-refractivity contribution in [2.75, 3.05) is 19.0 Å². The minimum absolute atomic E-state index is 0.0476. The van der Waals surface area contributed by atoms with Crippen LogP contribution in [0.5, 0.6) is 0 Å². The Morgan fingerprint density at radius 1 is 1.50 bits per heavy atom. The summed E-state index contributed by atoms with van der Waals surface area (Å²) in [7, 11) is 1.60. The molecule has 0 aliphatic rings. The molecule has 1 atom stereocenters. The fraction of sp³-hybridized carbons (Fsp3) is 0.417. The first-order chi connectivity index (χ1) is 8.58. The molecular weight excluding hydrogens is 341 g/mol. The summed E-state index contributed by atoms with van der Waals surface area (Å²) in [5.41, 5.74) is 0.414. The topological polar surface area (TPSA) is 38.3 Å². The van der Waals surface area contributed by atoms with Crippen molar-refractivity contribution in [3.63, 3.8) is 0 Å². The number of hydrogen-bond donors (Lipinski definition) is 1. The molecule has 1 aromatic rings. The Hall–Kier alpha value is -0.290. The SMILES string of the molecule is COCC(CCBr)NC(=O)c1ccc(Cl)cc1Cl. The highest BCUT2D eigenvalue weighted by Crippen LogP contribution is 2.21. The van der Waals surface area contributed by atoms with E-state index in [1.807, 2.05) is 0 Å². The van der Waals surface area contributed by atoms with E-state index < -0.39 is 0 Å². The summed E-state index contributed by atoms with van der Waals surface area (Å²) in [6.45, 7) is 0.461. The van der Waals surface area contributed by atoms with Crippen LogP contribution in [0, 0.1) is 0 Å². The third-order valence-electron chi connectivity index (χ3n) is 2.34.